The van der Waals surface area contributed by atoms with Gasteiger partial charge in [0.25, 0.3) is 5.91 Å². The molecule has 1 fully saturated rings. The Hall–Kier alpha value is -3.00. The van der Waals surface area contributed by atoms with Gasteiger partial charge in [-0.05, 0) is 36.8 Å². The van der Waals surface area contributed by atoms with E-state index in [2.05, 4.69) is 10.7 Å². The number of rotatable bonds is 6. The van der Waals surface area contributed by atoms with Crippen molar-refractivity contribution in [3.05, 3.63) is 60.2 Å². The summed E-state index contributed by atoms with van der Waals surface area (Å²) in [5.41, 5.74) is 1.66. The monoisotopic (exact) mass is 385 g/mol. The lowest BCUT2D eigenvalue weighted by Crippen LogP contribution is -2.48. The zero-order valence-electron chi connectivity index (χ0n) is 14.9. The number of hydrogen-bond acceptors (Lipinski definition) is 5. The molecule has 27 heavy (non-hydrogen) atoms. The number of carbonyl (C=O) groups is 3. The molecule has 0 radical (unpaired) electrons. The highest BCUT2D eigenvalue weighted by Crippen LogP contribution is 2.30. The van der Waals surface area contributed by atoms with Crippen molar-refractivity contribution in [1.29, 1.82) is 0 Å². The Labute approximate surface area is 161 Å². The molecule has 2 aromatic rings. The van der Waals surface area contributed by atoms with Gasteiger partial charge < -0.3 is 10.1 Å². The van der Waals surface area contributed by atoms with Crippen molar-refractivity contribution in [2.24, 2.45) is 0 Å². The van der Waals surface area contributed by atoms with Crippen LogP contribution in [0.25, 0.3) is 0 Å². The van der Waals surface area contributed by atoms with Gasteiger partial charge in [0.15, 0.2) is 0 Å². The summed E-state index contributed by atoms with van der Waals surface area (Å²) in [7, 11) is 1.52. The fourth-order valence-corrected chi connectivity index (χ4v) is 3.40. The Morgan fingerprint density at radius 1 is 1.19 bits per heavy atom. The smallest absolute Gasteiger partial charge is 0.344 e. The molecule has 0 saturated carbocycles. The first-order valence-corrected chi connectivity index (χ1v) is 9.21. The van der Waals surface area contributed by atoms with Crippen LogP contribution in [0.5, 0.6) is 5.75 Å². The maximum absolute atomic E-state index is 12.8. The number of hydrazine groups is 1. The minimum Gasteiger partial charge on any atom is -0.497 e. The third-order valence-electron chi connectivity index (χ3n) is 4.19. The quantitative estimate of drug-likeness (QED) is 0.588. The molecule has 1 atom stereocenters. The Kier molecular flexibility index (Phi) is 5.36. The van der Waals surface area contributed by atoms with Crippen molar-refractivity contribution in [3.63, 3.8) is 0 Å². The highest BCUT2D eigenvalue weighted by molar-refractivity contribution is 8.00. The van der Waals surface area contributed by atoms with Gasteiger partial charge in [0, 0.05) is 4.90 Å². The van der Waals surface area contributed by atoms with Gasteiger partial charge in [0.05, 0.1) is 12.9 Å². The standard InChI is InChI=1S/C19H19N3O4S/c1-19(13-7-6-8-14(11-13)26-2)17(24)22(18(25)20-19)21-16(23)12-27-15-9-4-3-5-10-15/h3-11H,12H2,1-2H3,(H,20,25)(H,21,23)/t19-/m0/s1. The van der Waals surface area contributed by atoms with Crippen LogP contribution in [0.2, 0.25) is 0 Å². The van der Waals surface area contributed by atoms with E-state index in [0.717, 1.165) is 9.90 Å². The zero-order chi connectivity index (χ0) is 19.4. The second-order valence-electron chi connectivity index (χ2n) is 6.06. The Bertz CT molecular complexity index is 874. The minimum atomic E-state index is -1.29. The normalized spacial score (nSPS) is 19.0. The van der Waals surface area contributed by atoms with E-state index in [1.807, 2.05) is 30.3 Å². The minimum absolute atomic E-state index is 0.0803. The molecule has 3 rings (SSSR count). The lowest BCUT2D eigenvalue weighted by molar-refractivity contribution is -0.138. The second kappa shape index (κ2) is 7.71. The van der Waals surface area contributed by atoms with Crippen molar-refractivity contribution in [2.75, 3.05) is 12.9 Å². The molecular weight excluding hydrogens is 366 g/mol. The molecule has 0 aliphatic carbocycles. The average molecular weight is 385 g/mol. The van der Waals surface area contributed by atoms with Crippen LogP contribution in [0.15, 0.2) is 59.5 Å². The number of ether oxygens (including phenoxy) is 1. The molecule has 7 nitrogen and oxygen atoms in total. The molecule has 2 N–H and O–H groups in total. The van der Waals surface area contributed by atoms with Crippen LogP contribution in [0.3, 0.4) is 0 Å². The number of benzene rings is 2. The molecule has 0 spiro atoms. The van der Waals surface area contributed by atoms with Crippen LogP contribution in [0.1, 0.15) is 12.5 Å². The number of methoxy groups -OCH3 is 1. The summed E-state index contributed by atoms with van der Waals surface area (Å²) in [5.74, 6) is -0.352. The van der Waals surface area contributed by atoms with E-state index in [9.17, 15) is 14.4 Å². The second-order valence-corrected chi connectivity index (χ2v) is 7.11. The van der Waals surface area contributed by atoms with Gasteiger partial charge in [0.1, 0.15) is 11.3 Å². The van der Waals surface area contributed by atoms with E-state index in [4.69, 9.17) is 4.74 Å². The van der Waals surface area contributed by atoms with Gasteiger partial charge in [-0.15, -0.1) is 11.8 Å². The van der Waals surface area contributed by atoms with Crippen LogP contribution in [-0.2, 0) is 15.1 Å². The zero-order valence-corrected chi connectivity index (χ0v) is 15.7. The number of amides is 4. The number of nitrogens with zero attached hydrogens (tertiary/aromatic N) is 1. The third kappa shape index (κ3) is 3.90. The molecule has 0 bridgehead atoms. The van der Waals surface area contributed by atoms with Crippen LogP contribution in [0, 0.1) is 0 Å². The van der Waals surface area contributed by atoms with Crippen LogP contribution in [-0.4, -0.2) is 35.7 Å². The van der Waals surface area contributed by atoms with Gasteiger partial charge in [-0.25, -0.2) is 4.79 Å². The predicted octanol–water partition coefficient (Wildman–Crippen LogP) is 2.29. The van der Waals surface area contributed by atoms with E-state index >= 15 is 0 Å². The van der Waals surface area contributed by atoms with Crippen molar-refractivity contribution >= 4 is 29.6 Å². The van der Waals surface area contributed by atoms with E-state index in [0.29, 0.717) is 11.3 Å². The van der Waals surface area contributed by atoms with E-state index < -0.39 is 23.4 Å². The summed E-state index contributed by atoms with van der Waals surface area (Å²) < 4.78 is 5.18. The molecule has 2 aromatic carbocycles. The molecular formula is C19H19N3O4S. The summed E-state index contributed by atoms with van der Waals surface area (Å²) in [6, 6.07) is 15.6. The first-order valence-electron chi connectivity index (χ1n) is 8.22. The Morgan fingerprint density at radius 2 is 1.93 bits per heavy atom. The summed E-state index contributed by atoms with van der Waals surface area (Å²) in [4.78, 5) is 38.2. The summed E-state index contributed by atoms with van der Waals surface area (Å²) in [5, 5.41) is 3.37. The fraction of sp³-hybridized carbons (Fsp3) is 0.211. The van der Waals surface area contributed by atoms with Gasteiger partial charge >= 0.3 is 6.03 Å². The molecule has 1 aliphatic rings. The van der Waals surface area contributed by atoms with Crippen LogP contribution >= 0.6 is 11.8 Å². The average Bonchev–Trinajstić information content (AvgIpc) is 2.91. The summed E-state index contributed by atoms with van der Waals surface area (Å²) >= 11 is 1.32. The fourth-order valence-electron chi connectivity index (χ4n) is 2.69. The highest BCUT2D eigenvalue weighted by atomic mass is 32.2. The molecule has 1 heterocycles. The largest absolute Gasteiger partial charge is 0.497 e. The molecule has 1 saturated heterocycles. The number of hydrogen-bond donors (Lipinski definition) is 2. The number of carbonyl (C=O) groups excluding carboxylic acids is 3. The first kappa shape index (κ1) is 18.8. The maximum atomic E-state index is 12.8. The van der Waals surface area contributed by atoms with Gasteiger partial charge in [-0.3, -0.25) is 15.0 Å². The molecule has 1 aliphatic heterocycles. The molecule has 0 aromatic heterocycles. The van der Waals surface area contributed by atoms with Crippen molar-refractivity contribution in [3.8, 4) is 5.75 Å². The van der Waals surface area contributed by atoms with Gasteiger partial charge in [-0.1, -0.05) is 30.3 Å². The summed E-state index contributed by atoms with van der Waals surface area (Å²) in [6.07, 6.45) is 0. The maximum Gasteiger partial charge on any atom is 0.344 e. The molecule has 8 heteroatoms. The van der Waals surface area contributed by atoms with Crippen LogP contribution in [0.4, 0.5) is 4.79 Å². The first-order chi connectivity index (χ1) is 12.9. The van der Waals surface area contributed by atoms with E-state index in [-0.39, 0.29) is 5.75 Å². The predicted molar refractivity (Wildman–Crippen MR) is 101 cm³/mol. The van der Waals surface area contributed by atoms with Gasteiger partial charge in [-0.2, -0.15) is 5.01 Å². The number of imide groups is 1. The molecule has 0 unspecified atom stereocenters. The van der Waals surface area contributed by atoms with Crippen molar-refractivity contribution in [1.82, 2.24) is 15.8 Å². The Morgan fingerprint density at radius 3 is 2.63 bits per heavy atom. The van der Waals surface area contributed by atoms with Gasteiger partial charge in [0.2, 0.25) is 5.91 Å². The van der Waals surface area contributed by atoms with Crippen LogP contribution < -0.4 is 15.5 Å². The Balaban J connectivity index is 1.69. The van der Waals surface area contributed by atoms with Crippen molar-refractivity contribution in [2.45, 2.75) is 17.4 Å². The number of urea groups is 1. The topological polar surface area (TPSA) is 87.7 Å². The lowest BCUT2D eigenvalue weighted by Gasteiger charge is -2.22. The SMILES string of the molecule is COc1cccc([C@]2(C)NC(=O)N(NC(=O)CSc3ccccc3)C2=O)c1. The lowest BCUT2D eigenvalue weighted by atomic mass is 9.92. The van der Waals surface area contributed by atoms with Crippen molar-refractivity contribution < 1.29 is 19.1 Å². The number of thioether (sulfide) groups is 1. The summed E-state index contributed by atoms with van der Waals surface area (Å²) in [6.45, 7) is 1.59. The highest BCUT2D eigenvalue weighted by Gasteiger charge is 2.50. The molecule has 140 valence electrons. The van der Waals surface area contributed by atoms with E-state index in [1.165, 1.54) is 18.9 Å². The third-order valence-corrected chi connectivity index (χ3v) is 5.20. The number of nitrogens with one attached hydrogen (secondary N) is 2. The molecule has 4 amide bonds. The van der Waals surface area contributed by atoms with E-state index in [1.54, 1.807) is 31.2 Å².